The summed E-state index contributed by atoms with van der Waals surface area (Å²) in [6.07, 6.45) is 4.61. The van der Waals surface area contributed by atoms with Crippen LogP contribution in [-0.4, -0.2) is 47.7 Å². The Morgan fingerprint density at radius 1 is 1.47 bits per heavy atom. The molecule has 0 bridgehead atoms. The minimum Gasteiger partial charge on any atom is -0.388 e. The van der Waals surface area contributed by atoms with Gasteiger partial charge < -0.3 is 15.3 Å². The molecule has 0 saturated carbocycles. The highest BCUT2D eigenvalue weighted by atomic mass is 16.3. The predicted molar refractivity (Wildman–Crippen MR) is 66.6 cm³/mol. The van der Waals surface area contributed by atoms with Crippen LogP contribution in [0.4, 0.5) is 0 Å². The molecule has 0 aliphatic carbocycles. The number of nitrogens with one attached hydrogen (secondary N) is 1. The molecule has 2 rings (SSSR count). The van der Waals surface area contributed by atoms with Crippen molar-refractivity contribution in [2.24, 2.45) is 5.92 Å². The van der Waals surface area contributed by atoms with Crippen LogP contribution in [0.25, 0.3) is 0 Å². The zero-order valence-electron chi connectivity index (χ0n) is 10.7. The van der Waals surface area contributed by atoms with Crippen LogP contribution in [0, 0.1) is 5.92 Å². The number of carbonyl (C=O) groups is 1. The first-order valence-corrected chi connectivity index (χ1v) is 6.78. The fraction of sp³-hybridized carbons (Fsp3) is 0.923. The highest BCUT2D eigenvalue weighted by Gasteiger charge is 2.31. The van der Waals surface area contributed by atoms with Crippen molar-refractivity contribution in [3.05, 3.63) is 0 Å². The van der Waals surface area contributed by atoms with Gasteiger partial charge in [-0.2, -0.15) is 0 Å². The predicted octanol–water partition coefficient (Wildman–Crippen LogP) is 0.749. The number of aliphatic hydroxyl groups is 1. The maximum Gasteiger partial charge on any atom is 0.222 e. The fourth-order valence-electron chi connectivity index (χ4n) is 2.89. The molecule has 0 aromatic heterocycles. The SMILES string of the molecule is CC1(O)CCCN(C(=O)CC2CCNCC2)C1. The van der Waals surface area contributed by atoms with E-state index in [1.807, 2.05) is 11.8 Å². The van der Waals surface area contributed by atoms with Crippen molar-refractivity contribution in [1.82, 2.24) is 10.2 Å². The van der Waals surface area contributed by atoms with Crippen LogP contribution in [0.3, 0.4) is 0 Å². The molecule has 1 atom stereocenters. The second-order valence-electron chi connectivity index (χ2n) is 5.81. The molecule has 0 aromatic carbocycles. The van der Waals surface area contributed by atoms with Crippen LogP contribution in [-0.2, 0) is 4.79 Å². The lowest BCUT2D eigenvalue weighted by atomic mass is 9.91. The quantitative estimate of drug-likeness (QED) is 0.749. The number of piperidine rings is 2. The molecule has 0 aromatic rings. The molecule has 2 heterocycles. The third-order valence-electron chi connectivity index (χ3n) is 3.95. The number of β-amino-alcohol motifs (C(OH)–C–C–N with tert-alkyl or cyclic N) is 1. The van der Waals surface area contributed by atoms with Gasteiger partial charge in [-0.3, -0.25) is 4.79 Å². The highest BCUT2D eigenvalue weighted by molar-refractivity contribution is 5.76. The molecule has 98 valence electrons. The lowest BCUT2D eigenvalue weighted by Gasteiger charge is -2.37. The summed E-state index contributed by atoms with van der Waals surface area (Å²) >= 11 is 0. The lowest BCUT2D eigenvalue weighted by molar-refractivity contribution is -0.138. The van der Waals surface area contributed by atoms with E-state index in [9.17, 15) is 9.90 Å². The molecule has 2 N–H and O–H groups in total. The van der Waals surface area contributed by atoms with Gasteiger partial charge >= 0.3 is 0 Å². The summed E-state index contributed by atoms with van der Waals surface area (Å²) in [6.45, 7) is 5.24. The Labute approximate surface area is 103 Å². The van der Waals surface area contributed by atoms with Gasteiger partial charge in [-0.05, 0) is 51.6 Å². The molecule has 1 amide bonds. The molecule has 17 heavy (non-hydrogen) atoms. The second-order valence-corrected chi connectivity index (χ2v) is 5.81. The van der Waals surface area contributed by atoms with Gasteiger partial charge in [-0.1, -0.05) is 0 Å². The Kier molecular flexibility index (Phi) is 4.05. The molecule has 1 unspecified atom stereocenters. The van der Waals surface area contributed by atoms with Gasteiger partial charge in [0.1, 0.15) is 0 Å². The molecule has 0 radical (unpaired) electrons. The van der Waals surface area contributed by atoms with Crippen molar-refractivity contribution in [1.29, 1.82) is 0 Å². The Morgan fingerprint density at radius 2 is 2.18 bits per heavy atom. The van der Waals surface area contributed by atoms with Crippen LogP contribution in [0.5, 0.6) is 0 Å². The van der Waals surface area contributed by atoms with Crippen molar-refractivity contribution in [2.45, 2.75) is 44.6 Å². The van der Waals surface area contributed by atoms with Crippen molar-refractivity contribution in [3.8, 4) is 0 Å². The van der Waals surface area contributed by atoms with Gasteiger partial charge in [0.15, 0.2) is 0 Å². The number of amides is 1. The number of carbonyl (C=O) groups excluding carboxylic acids is 1. The Morgan fingerprint density at radius 3 is 2.82 bits per heavy atom. The van der Waals surface area contributed by atoms with E-state index < -0.39 is 5.60 Å². The minimum absolute atomic E-state index is 0.233. The van der Waals surface area contributed by atoms with E-state index >= 15 is 0 Å². The number of nitrogens with zero attached hydrogens (tertiary/aromatic N) is 1. The first-order valence-electron chi connectivity index (χ1n) is 6.78. The lowest BCUT2D eigenvalue weighted by Crippen LogP contribution is -2.49. The zero-order chi connectivity index (χ0) is 12.3. The van der Waals surface area contributed by atoms with Gasteiger partial charge in [-0.25, -0.2) is 0 Å². The second kappa shape index (κ2) is 5.36. The molecule has 2 aliphatic rings. The average Bonchev–Trinajstić information content (AvgIpc) is 2.29. The smallest absolute Gasteiger partial charge is 0.222 e. The van der Waals surface area contributed by atoms with Crippen molar-refractivity contribution < 1.29 is 9.90 Å². The number of likely N-dealkylation sites (tertiary alicyclic amines) is 1. The summed E-state index contributed by atoms with van der Waals surface area (Å²) in [6, 6.07) is 0. The largest absolute Gasteiger partial charge is 0.388 e. The summed E-state index contributed by atoms with van der Waals surface area (Å²) in [4.78, 5) is 14.0. The summed E-state index contributed by atoms with van der Waals surface area (Å²) in [7, 11) is 0. The fourth-order valence-corrected chi connectivity index (χ4v) is 2.89. The van der Waals surface area contributed by atoms with Crippen LogP contribution in [0.15, 0.2) is 0 Å². The summed E-state index contributed by atoms with van der Waals surface area (Å²) < 4.78 is 0. The maximum absolute atomic E-state index is 12.1. The number of hydrogen-bond acceptors (Lipinski definition) is 3. The van der Waals surface area contributed by atoms with E-state index in [0.717, 1.165) is 45.3 Å². The van der Waals surface area contributed by atoms with Crippen molar-refractivity contribution in [2.75, 3.05) is 26.2 Å². The first kappa shape index (κ1) is 12.8. The summed E-state index contributed by atoms with van der Waals surface area (Å²) in [5, 5.41) is 13.3. The highest BCUT2D eigenvalue weighted by Crippen LogP contribution is 2.23. The average molecular weight is 240 g/mol. The Bertz CT molecular complexity index is 273. The Hall–Kier alpha value is -0.610. The zero-order valence-corrected chi connectivity index (χ0v) is 10.7. The monoisotopic (exact) mass is 240 g/mol. The van der Waals surface area contributed by atoms with Crippen LogP contribution in [0.2, 0.25) is 0 Å². The Balaban J connectivity index is 1.82. The standard InChI is InChI=1S/C13H24N2O2/c1-13(17)5-2-8-15(10-13)12(16)9-11-3-6-14-7-4-11/h11,14,17H,2-10H2,1H3. The van der Waals surface area contributed by atoms with E-state index in [1.54, 1.807) is 0 Å². The minimum atomic E-state index is -0.679. The molecule has 4 nitrogen and oxygen atoms in total. The van der Waals surface area contributed by atoms with E-state index in [2.05, 4.69) is 5.32 Å². The maximum atomic E-state index is 12.1. The molecule has 0 spiro atoms. The van der Waals surface area contributed by atoms with Gasteiger partial charge in [-0.15, -0.1) is 0 Å². The van der Waals surface area contributed by atoms with E-state index in [1.165, 1.54) is 0 Å². The van der Waals surface area contributed by atoms with Crippen LogP contribution in [0.1, 0.15) is 39.0 Å². The number of hydrogen-bond donors (Lipinski definition) is 2. The molecule has 2 fully saturated rings. The number of rotatable bonds is 2. The van der Waals surface area contributed by atoms with E-state index in [-0.39, 0.29) is 5.91 Å². The van der Waals surface area contributed by atoms with Crippen LogP contribution >= 0.6 is 0 Å². The first-order chi connectivity index (χ1) is 8.07. The third kappa shape index (κ3) is 3.68. The molecule has 2 saturated heterocycles. The topological polar surface area (TPSA) is 52.6 Å². The molecule has 2 aliphatic heterocycles. The molecular formula is C13H24N2O2. The summed E-state index contributed by atoms with van der Waals surface area (Å²) in [5.41, 5.74) is -0.679. The van der Waals surface area contributed by atoms with Gasteiger partial charge in [0.25, 0.3) is 0 Å². The third-order valence-corrected chi connectivity index (χ3v) is 3.95. The van der Waals surface area contributed by atoms with E-state index in [0.29, 0.717) is 18.9 Å². The van der Waals surface area contributed by atoms with E-state index in [4.69, 9.17) is 0 Å². The van der Waals surface area contributed by atoms with Gasteiger partial charge in [0.05, 0.1) is 5.60 Å². The van der Waals surface area contributed by atoms with Crippen molar-refractivity contribution in [3.63, 3.8) is 0 Å². The van der Waals surface area contributed by atoms with Gasteiger partial charge in [0.2, 0.25) is 5.91 Å². The van der Waals surface area contributed by atoms with Crippen molar-refractivity contribution >= 4 is 5.91 Å². The van der Waals surface area contributed by atoms with Gasteiger partial charge in [0, 0.05) is 19.5 Å². The summed E-state index contributed by atoms with van der Waals surface area (Å²) in [5.74, 6) is 0.771. The molecular weight excluding hydrogens is 216 g/mol. The molecule has 4 heteroatoms. The van der Waals surface area contributed by atoms with Crippen LogP contribution < -0.4 is 5.32 Å². The normalized spacial score (nSPS) is 31.5.